The highest BCUT2D eigenvalue weighted by atomic mass is 32.1. The summed E-state index contributed by atoms with van der Waals surface area (Å²) in [6.45, 7) is 8.84. The lowest BCUT2D eigenvalue weighted by atomic mass is 9.96. The highest BCUT2D eigenvalue weighted by molar-refractivity contribution is 7.09. The Labute approximate surface area is 131 Å². The number of aromatic nitrogens is 1. The van der Waals surface area contributed by atoms with Crippen LogP contribution in [0.1, 0.15) is 66.0 Å². The van der Waals surface area contributed by atoms with E-state index in [-0.39, 0.29) is 6.04 Å². The molecule has 2 aromatic rings. The second-order valence-corrected chi connectivity index (χ2v) is 7.33. The summed E-state index contributed by atoms with van der Waals surface area (Å²) in [6.07, 6.45) is 2.59. The minimum absolute atomic E-state index is 0.246. The van der Waals surface area contributed by atoms with Gasteiger partial charge < -0.3 is 5.32 Å². The zero-order valence-corrected chi connectivity index (χ0v) is 14.1. The predicted octanol–water partition coefficient (Wildman–Crippen LogP) is 4.72. The van der Waals surface area contributed by atoms with Gasteiger partial charge in [0.25, 0.3) is 0 Å². The third-order valence-corrected chi connectivity index (χ3v) is 5.12. The summed E-state index contributed by atoms with van der Waals surface area (Å²) in [5.41, 5.74) is 5.33. The SMILES string of the molecule is Cc1cccc(C)c1C(NC1CC1)c1nc(C(C)C)cs1. The van der Waals surface area contributed by atoms with E-state index in [0.717, 1.165) is 0 Å². The van der Waals surface area contributed by atoms with Gasteiger partial charge in [0.2, 0.25) is 0 Å². The van der Waals surface area contributed by atoms with Gasteiger partial charge in [-0.2, -0.15) is 0 Å². The average molecular weight is 300 g/mol. The quantitative estimate of drug-likeness (QED) is 0.864. The Kier molecular flexibility index (Phi) is 4.14. The molecule has 0 amide bonds. The second kappa shape index (κ2) is 5.90. The van der Waals surface area contributed by atoms with E-state index in [1.54, 1.807) is 11.3 Å². The minimum atomic E-state index is 0.246. The molecule has 0 spiro atoms. The minimum Gasteiger partial charge on any atom is -0.301 e. The molecule has 2 nitrogen and oxygen atoms in total. The maximum atomic E-state index is 4.91. The van der Waals surface area contributed by atoms with Gasteiger partial charge in [0, 0.05) is 11.4 Å². The molecule has 0 radical (unpaired) electrons. The van der Waals surface area contributed by atoms with E-state index in [1.807, 2.05) is 0 Å². The van der Waals surface area contributed by atoms with E-state index in [1.165, 1.54) is 40.2 Å². The van der Waals surface area contributed by atoms with E-state index in [2.05, 4.69) is 56.6 Å². The predicted molar refractivity (Wildman–Crippen MR) is 90.1 cm³/mol. The van der Waals surface area contributed by atoms with E-state index in [9.17, 15) is 0 Å². The van der Waals surface area contributed by atoms with Crippen LogP contribution in [-0.2, 0) is 0 Å². The van der Waals surface area contributed by atoms with Gasteiger partial charge in [-0.05, 0) is 49.3 Å². The summed E-state index contributed by atoms with van der Waals surface area (Å²) in [7, 11) is 0. The molecule has 0 aliphatic heterocycles. The first-order valence-corrected chi connectivity index (χ1v) is 8.71. The molecule has 1 unspecified atom stereocenters. The largest absolute Gasteiger partial charge is 0.301 e. The number of nitrogens with one attached hydrogen (secondary N) is 1. The van der Waals surface area contributed by atoms with Crippen LogP contribution in [0.15, 0.2) is 23.6 Å². The monoisotopic (exact) mass is 300 g/mol. The number of aryl methyl sites for hydroxylation is 2. The summed E-state index contributed by atoms with van der Waals surface area (Å²) < 4.78 is 0. The topological polar surface area (TPSA) is 24.9 Å². The normalized spacial score (nSPS) is 16.4. The van der Waals surface area contributed by atoms with Crippen LogP contribution in [-0.4, -0.2) is 11.0 Å². The average Bonchev–Trinajstić information content (AvgIpc) is 3.11. The molecule has 1 heterocycles. The van der Waals surface area contributed by atoms with Crippen molar-refractivity contribution in [2.24, 2.45) is 0 Å². The summed E-state index contributed by atoms with van der Waals surface area (Å²) in [4.78, 5) is 4.91. The number of hydrogen-bond donors (Lipinski definition) is 1. The van der Waals surface area contributed by atoms with Crippen molar-refractivity contribution >= 4 is 11.3 Å². The molecule has 3 heteroatoms. The van der Waals surface area contributed by atoms with Gasteiger partial charge in [-0.15, -0.1) is 11.3 Å². The second-order valence-electron chi connectivity index (χ2n) is 6.44. The van der Waals surface area contributed by atoms with E-state index in [4.69, 9.17) is 4.98 Å². The Morgan fingerprint density at radius 3 is 2.38 bits per heavy atom. The maximum absolute atomic E-state index is 4.91. The molecule has 1 N–H and O–H groups in total. The van der Waals surface area contributed by atoms with E-state index in [0.29, 0.717) is 12.0 Å². The number of benzene rings is 1. The lowest BCUT2D eigenvalue weighted by Crippen LogP contribution is -2.26. The van der Waals surface area contributed by atoms with Crippen LogP contribution in [0.3, 0.4) is 0 Å². The molecule has 21 heavy (non-hydrogen) atoms. The van der Waals surface area contributed by atoms with Gasteiger partial charge in [0.05, 0.1) is 11.7 Å². The Bertz CT molecular complexity index is 606. The van der Waals surface area contributed by atoms with Crippen molar-refractivity contribution in [2.75, 3.05) is 0 Å². The van der Waals surface area contributed by atoms with E-state index >= 15 is 0 Å². The van der Waals surface area contributed by atoms with Crippen LogP contribution in [0.4, 0.5) is 0 Å². The molecule has 1 aliphatic rings. The van der Waals surface area contributed by atoms with Crippen LogP contribution in [0, 0.1) is 13.8 Å². The van der Waals surface area contributed by atoms with Crippen molar-refractivity contribution in [1.82, 2.24) is 10.3 Å². The molecular weight excluding hydrogens is 276 g/mol. The number of thiazole rings is 1. The zero-order valence-electron chi connectivity index (χ0n) is 13.3. The van der Waals surface area contributed by atoms with Crippen molar-refractivity contribution in [3.05, 3.63) is 51.0 Å². The van der Waals surface area contributed by atoms with Gasteiger partial charge in [-0.1, -0.05) is 32.0 Å². The molecule has 0 saturated heterocycles. The maximum Gasteiger partial charge on any atom is 0.114 e. The van der Waals surface area contributed by atoms with Crippen molar-refractivity contribution in [3.8, 4) is 0 Å². The highest BCUT2D eigenvalue weighted by Crippen LogP contribution is 2.34. The van der Waals surface area contributed by atoms with Gasteiger partial charge in [-0.25, -0.2) is 4.98 Å². The summed E-state index contributed by atoms with van der Waals surface area (Å²) in [6, 6.07) is 7.47. The third kappa shape index (κ3) is 3.19. The van der Waals surface area contributed by atoms with E-state index < -0.39 is 0 Å². The fourth-order valence-corrected chi connectivity index (χ4v) is 3.79. The number of nitrogens with zero attached hydrogens (tertiary/aromatic N) is 1. The molecular formula is C18H24N2S. The summed E-state index contributed by atoms with van der Waals surface area (Å²) >= 11 is 1.79. The lowest BCUT2D eigenvalue weighted by molar-refractivity contribution is 0.590. The van der Waals surface area contributed by atoms with Gasteiger partial charge in [0.1, 0.15) is 5.01 Å². The first-order chi connectivity index (χ1) is 10.1. The fourth-order valence-electron chi connectivity index (χ4n) is 2.74. The Hall–Kier alpha value is -1.19. The van der Waals surface area contributed by atoms with Crippen LogP contribution in [0.5, 0.6) is 0 Å². The van der Waals surface area contributed by atoms with Gasteiger partial charge >= 0.3 is 0 Å². The molecule has 1 fully saturated rings. The van der Waals surface area contributed by atoms with Crippen molar-refractivity contribution in [1.29, 1.82) is 0 Å². The molecule has 1 aromatic carbocycles. The van der Waals surface area contributed by atoms with Crippen LogP contribution in [0.2, 0.25) is 0 Å². The Balaban J connectivity index is 2.00. The molecule has 1 saturated carbocycles. The Morgan fingerprint density at radius 1 is 1.19 bits per heavy atom. The molecule has 112 valence electrons. The van der Waals surface area contributed by atoms with Crippen LogP contribution in [0.25, 0.3) is 0 Å². The van der Waals surface area contributed by atoms with Crippen molar-refractivity contribution in [2.45, 2.75) is 58.5 Å². The molecule has 0 bridgehead atoms. The van der Waals surface area contributed by atoms with Crippen molar-refractivity contribution < 1.29 is 0 Å². The zero-order chi connectivity index (χ0) is 15.0. The van der Waals surface area contributed by atoms with Crippen LogP contribution >= 0.6 is 11.3 Å². The smallest absolute Gasteiger partial charge is 0.114 e. The number of rotatable bonds is 5. The highest BCUT2D eigenvalue weighted by Gasteiger charge is 2.29. The number of hydrogen-bond acceptors (Lipinski definition) is 3. The standard InChI is InChI=1S/C18H24N2S/c1-11(2)15-10-21-18(20-15)17(19-14-8-9-14)16-12(3)6-5-7-13(16)4/h5-7,10-11,14,17,19H,8-9H2,1-4H3. The first-order valence-electron chi connectivity index (χ1n) is 7.83. The molecule has 1 atom stereocenters. The summed E-state index contributed by atoms with van der Waals surface area (Å²) in [5.74, 6) is 0.495. The molecule has 1 aliphatic carbocycles. The van der Waals surface area contributed by atoms with Gasteiger partial charge in [-0.3, -0.25) is 0 Å². The summed E-state index contributed by atoms with van der Waals surface area (Å²) in [5, 5.41) is 7.23. The Morgan fingerprint density at radius 2 is 1.86 bits per heavy atom. The third-order valence-electron chi connectivity index (χ3n) is 4.19. The molecule has 3 rings (SSSR count). The van der Waals surface area contributed by atoms with Crippen molar-refractivity contribution in [3.63, 3.8) is 0 Å². The lowest BCUT2D eigenvalue weighted by Gasteiger charge is -2.21. The first kappa shape index (κ1) is 14.7. The van der Waals surface area contributed by atoms with Gasteiger partial charge in [0.15, 0.2) is 0 Å². The fraction of sp³-hybridized carbons (Fsp3) is 0.500. The molecule has 1 aromatic heterocycles. The van der Waals surface area contributed by atoms with Crippen LogP contribution < -0.4 is 5.32 Å².